The number of hydrogen-bond donors (Lipinski definition) is 0. The SMILES string of the molecule is CC(CCC=O)[Se]c1ccccc1. The number of carbonyl (C=O) groups is 1. The maximum absolute atomic E-state index is 10.2. The van der Waals surface area contributed by atoms with Crippen LogP contribution in [0.1, 0.15) is 19.8 Å². The zero-order chi connectivity index (χ0) is 9.52. The molecule has 0 radical (unpaired) electrons. The van der Waals surface area contributed by atoms with E-state index in [4.69, 9.17) is 0 Å². The molecule has 1 aromatic carbocycles. The third-order valence-corrected chi connectivity index (χ3v) is 4.25. The standard InChI is InChI=1S/C11H14OSe/c1-10(6-5-9-12)13-11-7-3-2-4-8-11/h2-4,7-10H,5-6H2,1H3. The first kappa shape index (κ1) is 10.5. The Morgan fingerprint density at radius 1 is 1.38 bits per heavy atom. The number of aldehydes is 1. The molecule has 0 amide bonds. The zero-order valence-electron chi connectivity index (χ0n) is 7.77. The van der Waals surface area contributed by atoms with Crippen molar-refractivity contribution in [2.75, 3.05) is 0 Å². The Morgan fingerprint density at radius 3 is 2.69 bits per heavy atom. The molecule has 70 valence electrons. The fourth-order valence-corrected chi connectivity index (χ4v) is 3.26. The fraction of sp³-hybridized carbons (Fsp3) is 0.364. The van der Waals surface area contributed by atoms with Crippen molar-refractivity contribution in [3.63, 3.8) is 0 Å². The van der Waals surface area contributed by atoms with Gasteiger partial charge in [-0.3, -0.25) is 0 Å². The van der Waals surface area contributed by atoms with Crippen molar-refractivity contribution in [3.05, 3.63) is 30.3 Å². The van der Waals surface area contributed by atoms with Gasteiger partial charge in [0, 0.05) is 0 Å². The van der Waals surface area contributed by atoms with Gasteiger partial charge in [-0.1, -0.05) is 0 Å². The van der Waals surface area contributed by atoms with Crippen LogP contribution >= 0.6 is 0 Å². The van der Waals surface area contributed by atoms with Crippen LogP contribution in [-0.4, -0.2) is 21.2 Å². The monoisotopic (exact) mass is 242 g/mol. The first-order valence-electron chi connectivity index (χ1n) is 4.48. The Morgan fingerprint density at radius 2 is 2.08 bits per heavy atom. The van der Waals surface area contributed by atoms with E-state index < -0.39 is 0 Å². The summed E-state index contributed by atoms with van der Waals surface area (Å²) in [6.07, 6.45) is 2.74. The summed E-state index contributed by atoms with van der Waals surface area (Å²) in [7, 11) is 0. The Balaban J connectivity index is 2.36. The summed E-state index contributed by atoms with van der Waals surface area (Å²) in [5.41, 5.74) is 0. The van der Waals surface area contributed by atoms with Crippen molar-refractivity contribution >= 4 is 25.7 Å². The molecular formula is C11H14OSe. The molecule has 0 spiro atoms. The van der Waals surface area contributed by atoms with Gasteiger partial charge in [0.1, 0.15) is 0 Å². The van der Waals surface area contributed by atoms with E-state index >= 15 is 0 Å². The summed E-state index contributed by atoms with van der Waals surface area (Å²) in [4.78, 5) is 10.8. The topological polar surface area (TPSA) is 17.1 Å². The van der Waals surface area contributed by atoms with Crippen LogP contribution in [0.25, 0.3) is 0 Å². The second kappa shape index (κ2) is 5.95. The van der Waals surface area contributed by atoms with E-state index in [2.05, 4.69) is 31.2 Å². The van der Waals surface area contributed by atoms with Gasteiger partial charge in [-0.25, -0.2) is 0 Å². The van der Waals surface area contributed by atoms with Crippen LogP contribution in [0.5, 0.6) is 0 Å². The first-order chi connectivity index (χ1) is 6.33. The van der Waals surface area contributed by atoms with Crippen LogP contribution in [0, 0.1) is 0 Å². The van der Waals surface area contributed by atoms with E-state index in [1.54, 1.807) is 0 Å². The van der Waals surface area contributed by atoms with E-state index in [0.717, 1.165) is 12.7 Å². The average molecular weight is 241 g/mol. The molecule has 1 rings (SSSR count). The molecule has 1 atom stereocenters. The summed E-state index contributed by atoms with van der Waals surface area (Å²) in [5, 5.41) is 0. The number of benzene rings is 1. The predicted octanol–water partition coefficient (Wildman–Crippen LogP) is 1.80. The Kier molecular flexibility index (Phi) is 4.80. The van der Waals surface area contributed by atoms with Crippen molar-refractivity contribution in [1.29, 1.82) is 0 Å². The normalized spacial score (nSPS) is 12.4. The summed E-state index contributed by atoms with van der Waals surface area (Å²) < 4.78 is 1.42. The third-order valence-electron chi connectivity index (χ3n) is 1.77. The summed E-state index contributed by atoms with van der Waals surface area (Å²) in [6.45, 7) is 2.22. The molecule has 1 unspecified atom stereocenters. The molecule has 0 saturated heterocycles. The molecule has 0 aliphatic carbocycles. The van der Waals surface area contributed by atoms with Crippen molar-refractivity contribution in [1.82, 2.24) is 0 Å². The fourth-order valence-electron chi connectivity index (χ4n) is 1.09. The van der Waals surface area contributed by atoms with Crippen molar-refractivity contribution in [3.8, 4) is 0 Å². The molecule has 0 aliphatic rings. The van der Waals surface area contributed by atoms with E-state index in [-0.39, 0.29) is 0 Å². The van der Waals surface area contributed by atoms with E-state index in [0.29, 0.717) is 26.2 Å². The molecule has 1 nitrogen and oxygen atoms in total. The first-order valence-corrected chi connectivity index (χ1v) is 6.33. The van der Waals surface area contributed by atoms with Gasteiger partial charge >= 0.3 is 85.4 Å². The minimum absolute atomic E-state index is 0.518. The van der Waals surface area contributed by atoms with Gasteiger partial charge in [-0.2, -0.15) is 0 Å². The van der Waals surface area contributed by atoms with Crippen LogP contribution in [0.3, 0.4) is 0 Å². The molecule has 0 bridgehead atoms. The molecular weight excluding hydrogens is 227 g/mol. The van der Waals surface area contributed by atoms with Gasteiger partial charge in [-0.05, 0) is 0 Å². The van der Waals surface area contributed by atoms with Crippen LogP contribution in [0.15, 0.2) is 30.3 Å². The second-order valence-electron chi connectivity index (χ2n) is 2.99. The van der Waals surface area contributed by atoms with E-state index in [1.165, 1.54) is 4.46 Å². The van der Waals surface area contributed by atoms with Gasteiger partial charge < -0.3 is 0 Å². The molecule has 2 heteroatoms. The Hall–Kier alpha value is -0.591. The Bertz CT molecular complexity index is 246. The zero-order valence-corrected chi connectivity index (χ0v) is 9.49. The summed E-state index contributed by atoms with van der Waals surface area (Å²) >= 11 is 0.518. The molecule has 0 aliphatic heterocycles. The average Bonchev–Trinajstić information content (AvgIpc) is 2.16. The summed E-state index contributed by atoms with van der Waals surface area (Å²) in [6, 6.07) is 10.5. The van der Waals surface area contributed by atoms with Gasteiger partial charge in [0.15, 0.2) is 0 Å². The number of carbonyl (C=O) groups excluding carboxylic acids is 1. The molecule has 0 fully saturated rings. The third kappa shape index (κ3) is 4.25. The molecule has 13 heavy (non-hydrogen) atoms. The van der Waals surface area contributed by atoms with Crippen molar-refractivity contribution in [2.24, 2.45) is 0 Å². The van der Waals surface area contributed by atoms with Crippen LogP contribution in [-0.2, 0) is 4.79 Å². The van der Waals surface area contributed by atoms with Gasteiger partial charge in [0.05, 0.1) is 0 Å². The molecule has 0 heterocycles. The van der Waals surface area contributed by atoms with Gasteiger partial charge in [0.25, 0.3) is 0 Å². The second-order valence-corrected chi connectivity index (χ2v) is 6.16. The van der Waals surface area contributed by atoms with E-state index in [9.17, 15) is 4.79 Å². The van der Waals surface area contributed by atoms with Crippen LogP contribution < -0.4 is 4.46 Å². The van der Waals surface area contributed by atoms with Crippen LogP contribution in [0.4, 0.5) is 0 Å². The van der Waals surface area contributed by atoms with Gasteiger partial charge in [0.2, 0.25) is 0 Å². The van der Waals surface area contributed by atoms with Crippen LogP contribution in [0.2, 0.25) is 4.82 Å². The molecule has 0 aromatic heterocycles. The Labute approximate surface area is 85.7 Å². The number of rotatable bonds is 5. The van der Waals surface area contributed by atoms with E-state index in [1.807, 2.05) is 6.07 Å². The predicted molar refractivity (Wildman–Crippen MR) is 56.6 cm³/mol. The van der Waals surface area contributed by atoms with Gasteiger partial charge in [-0.15, -0.1) is 0 Å². The van der Waals surface area contributed by atoms with Crippen molar-refractivity contribution in [2.45, 2.75) is 24.6 Å². The number of hydrogen-bond acceptors (Lipinski definition) is 1. The molecule has 0 N–H and O–H groups in total. The molecule has 1 aromatic rings. The minimum atomic E-state index is 0.518. The summed E-state index contributed by atoms with van der Waals surface area (Å²) in [5.74, 6) is 0. The van der Waals surface area contributed by atoms with Crippen molar-refractivity contribution < 1.29 is 4.79 Å². The quantitative estimate of drug-likeness (QED) is 0.567. The molecule has 0 saturated carbocycles. The maximum atomic E-state index is 10.2.